The summed E-state index contributed by atoms with van der Waals surface area (Å²) in [6.07, 6.45) is 1.21. The van der Waals surface area contributed by atoms with Gasteiger partial charge in [0.05, 0.1) is 18.8 Å². The molecule has 2 aromatic rings. The van der Waals surface area contributed by atoms with Crippen LogP contribution in [0.25, 0.3) is 0 Å². The molecule has 1 aliphatic heterocycles. The van der Waals surface area contributed by atoms with E-state index >= 15 is 0 Å². The number of rotatable bonds is 4. The van der Waals surface area contributed by atoms with Gasteiger partial charge in [0, 0.05) is 19.5 Å². The normalized spacial score (nSPS) is 23.3. The molecule has 112 valence electrons. The standard InChI is InChI=1S/C16H21N3O2/c1-12-9-19(10-13(2)20-12)11-16-17-15(18-21-16)8-14-6-4-3-5-7-14/h3-7,12-13H,8-11H2,1-2H3/t12-,13+. The average molecular weight is 287 g/mol. The van der Waals surface area contributed by atoms with Crippen molar-refractivity contribution in [3.05, 3.63) is 47.6 Å². The average Bonchev–Trinajstić information content (AvgIpc) is 2.86. The van der Waals surface area contributed by atoms with Gasteiger partial charge < -0.3 is 9.26 Å². The van der Waals surface area contributed by atoms with Gasteiger partial charge in [-0.2, -0.15) is 4.98 Å². The molecule has 0 bridgehead atoms. The zero-order valence-electron chi connectivity index (χ0n) is 12.5. The number of hydrogen-bond donors (Lipinski definition) is 0. The first kappa shape index (κ1) is 14.2. The molecule has 3 rings (SSSR count). The third-order valence-electron chi connectivity index (χ3n) is 3.57. The zero-order valence-corrected chi connectivity index (χ0v) is 12.5. The molecule has 2 heterocycles. The minimum Gasteiger partial charge on any atom is -0.373 e. The Kier molecular flexibility index (Phi) is 4.31. The molecule has 0 amide bonds. The first-order valence-corrected chi connectivity index (χ1v) is 7.42. The first-order chi connectivity index (χ1) is 10.2. The Morgan fingerprint density at radius 1 is 1.14 bits per heavy atom. The number of hydrogen-bond acceptors (Lipinski definition) is 5. The van der Waals surface area contributed by atoms with Crippen LogP contribution < -0.4 is 0 Å². The smallest absolute Gasteiger partial charge is 0.240 e. The second kappa shape index (κ2) is 6.37. The molecular weight excluding hydrogens is 266 g/mol. The highest BCUT2D eigenvalue weighted by Crippen LogP contribution is 2.14. The summed E-state index contributed by atoms with van der Waals surface area (Å²) in [4.78, 5) is 6.79. The van der Waals surface area contributed by atoms with E-state index in [0.717, 1.165) is 18.9 Å². The van der Waals surface area contributed by atoms with Crippen molar-refractivity contribution in [1.29, 1.82) is 0 Å². The van der Waals surface area contributed by atoms with Gasteiger partial charge in [-0.15, -0.1) is 0 Å². The van der Waals surface area contributed by atoms with E-state index in [-0.39, 0.29) is 12.2 Å². The number of nitrogens with zero attached hydrogens (tertiary/aromatic N) is 3. The maximum Gasteiger partial charge on any atom is 0.240 e. The van der Waals surface area contributed by atoms with E-state index in [4.69, 9.17) is 9.26 Å². The van der Waals surface area contributed by atoms with Gasteiger partial charge in [0.2, 0.25) is 5.89 Å². The molecule has 0 spiro atoms. The summed E-state index contributed by atoms with van der Waals surface area (Å²) in [6, 6.07) is 10.2. The van der Waals surface area contributed by atoms with E-state index in [9.17, 15) is 0 Å². The third kappa shape index (κ3) is 3.89. The molecule has 1 fully saturated rings. The number of aromatic nitrogens is 2. The summed E-state index contributed by atoms with van der Waals surface area (Å²) in [5.41, 5.74) is 1.19. The minimum atomic E-state index is 0.250. The first-order valence-electron chi connectivity index (χ1n) is 7.42. The highest BCUT2D eigenvalue weighted by Gasteiger charge is 2.23. The summed E-state index contributed by atoms with van der Waals surface area (Å²) in [5.74, 6) is 1.42. The van der Waals surface area contributed by atoms with Crippen molar-refractivity contribution in [3.8, 4) is 0 Å². The molecule has 2 atom stereocenters. The fourth-order valence-electron chi connectivity index (χ4n) is 2.81. The maximum absolute atomic E-state index is 5.73. The Labute approximate surface area is 124 Å². The lowest BCUT2D eigenvalue weighted by Gasteiger charge is -2.34. The van der Waals surface area contributed by atoms with Crippen molar-refractivity contribution in [2.45, 2.75) is 39.0 Å². The highest BCUT2D eigenvalue weighted by molar-refractivity contribution is 5.18. The molecule has 1 aromatic heterocycles. The van der Waals surface area contributed by atoms with Crippen LogP contribution in [0.2, 0.25) is 0 Å². The summed E-state index contributed by atoms with van der Waals surface area (Å²) >= 11 is 0. The second-order valence-corrected chi connectivity index (χ2v) is 5.72. The Balaban J connectivity index is 1.60. The molecule has 1 aliphatic rings. The molecule has 0 radical (unpaired) electrons. The summed E-state index contributed by atoms with van der Waals surface area (Å²) in [7, 11) is 0. The van der Waals surface area contributed by atoms with E-state index in [2.05, 4.69) is 41.0 Å². The Bertz CT molecular complexity index is 560. The van der Waals surface area contributed by atoms with Crippen LogP contribution in [0.15, 0.2) is 34.9 Å². The monoisotopic (exact) mass is 287 g/mol. The predicted octanol–water partition coefficient (Wildman–Crippen LogP) is 2.27. The summed E-state index contributed by atoms with van der Waals surface area (Å²) in [6.45, 7) is 6.69. The van der Waals surface area contributed by atoms with Crippen LogP contribution in [0.4, 0.5) is 0 Å². The van der Waals surface area contributed by atoms with Crippen molar-refractivity contribution < 1.29 is 9.26 Å². The van der Waals surface area contributed by atoms with Gasteiger partial charge in [-0.05, 0) is 19.4 Å². The van der Waals surface area contributed by atoms with Gasteiger partial charge in [-0.25, -0.2) is 0 Å². The Hall–Kier alpha value is -1.72. The van der Waals surface area contributed by atoms with Crippen molar-refractivity contribution in [3.63, 3.8) is 0 Å². The van der Waals surface area contributed by atoms with Gasteiger partial charge in [0.1, 0.15) is 0 Å². The molecule has 5 heteroatoms. The number of ether oxygens (including phenoxy) is 1. The van der Waals surface area contributed by atoms with Crippen LogP contribution in [0.1, 0.15) is 31.1 Å². The molecule has 21 heavy (non-hydrogen) atoms. The second-order valence-electron chi connectivity index (χ2n) is 5.72. The van der Waals surface area contributed by atoms with E-state index in [1.54, 1.807) is 0 Å². The maximum atomic E-state index is 5.73. The number of benzene rings is 1. The molecule has 1 aromatic carbocycles. The molecule has 1 saturated heterocycles. The van der Waals surface area contributed by atoms with Crippen molar-refractivity contribution in [2.75, 3.05) is 13.1 Å². The topological polar surface area (TPSA) is 51.4 Å². The van der Waals surface area contributed by atoms with Crippen LogP contribution in [0.5, 0.6) is 0 Å². The minimum absolute atomic E-state index is 0.250. The van der Waals surface area contributed by atoms with Crippen LogP contribution in [-0.4, -0.2) is 40.3 Å². The SMILES string of the molecule is C[C@@H]1CN(Cc2nc(Cc3ccccc3)no2)C[C@H](C)O1. The van der Waals surface area contributed by atoms with Gasteiger partial charge in [0.15, 0.2) is 5.82 Å². The summed E-state index contributed by atoms with van der Waals surface area (Å²) in [5, 5.41) is 4.07. The lowest BCUT2D eigenvalue weighted by atomic mass is 10.1. The Morgan fingerprint density at radius 3 is 2.57 bits per heavy atom. The fourth-order valence-corrected chi connectivity index (χ4v) is 2.81. The molecule has 0 aliphatic carbocycles. The molecule has 5 nitrogen and oxygen atoms in total. The van der Waals surface area contributed by atoms with E-state index in [1.807, 2.05) is 18.2 Å². The van der Waals surface area contributed by atoms with Gasteiger partial charge in [-0.3, -0.25) is 4.90 Å². The van der Waals surface area contributed by atoms with Gasteiger partial charge >= 0.3 is 0 Å². The van der Waals surface area contributed by atoms with Crippen molar-refractivity contribution >= 4 is 0 Å². The van der Waals surface area contributed by atoms with Crippen LogP contribution in [0.3, 0.4) is 0 Å². The fraction of sp³-hybridized carbons (Fsp3) is 0.500. The van der Waals surface area contributed by atoms with E-state index in [1.165, 1.54) is 5.56 Å². The molecular formula is C16H21N3O2. The van der Waals surface area contributed by atoms with Crippen molar-refractivity contribution in [1.82, 2.24) is 15.0 Å². The predicted molar refractivity (Wildman–Crippen MR) is 78.8 cm³/mol. The largest absolute Gasteiger partial charge is 0.373 e. The number of morpholine rings is 1. The Morgan fingerprint density at radius 2 is 1.86 bits per heavy atom. The molecule has 0 N–H and O–H groups in total. The highest BCUT2D eigenvalue weighted by atomic mass is 16.5. The van der Waals surface area contributed by atoms with E-state index in [0.29, 0.717) is 18.9 Å². The third-order valence-corrected chi connectivity index (χ3v) is 3.57. The van der Waals surface area contributed by atoms with Gasteiger partial charge in [0.25, 0.3) is 0 Å². The molecule has 0 saturated carbocycles. The lowest BCUT2D eigenvalue weighted by molar-refractivity contribution is -0.0725. The van der Waals surface area contributed by atoms with Gasteiger partial charge in [-0.1, -0.05) is 35.5 Å². The van der Waals surface area contributed by atoms with Crippen LogP contribution in [0, 0.1) is 0 Å². The van der Waals surface area contributed by atoms with Crippen molar-refractivity contribution in [2.24, 2.45) is 0 Å². The lowest BCUT2D eigenvalue weighted by Crippen LogP contribution is -2.44. The van der Waals surface area contributed by atoms with E-state index < -0.39 is 0 Å². The quantitative estimate of drug-likeness (QED) is 0.863. The van der Waals surface area contributed by atoms with Crippen LogP contribution >= 0.6 is 0 Å². The molecule has 0 unspecified atom stereocenters. The van der Waals surface area contributed by atoms with Crippen LogP contribution in [-0.2, 0) is 17.7 Å². The zero-order chi connectivity index (χ0) is 14.7. The summed E-state index contributed by atoms with van der Waals surface area (Å²) < 4.78 is 11.1.